The van der Waals surface area contributed by atoms with Crippen molar-refractivity contribution >= 4 is 0 Å². The Balaban J connectivity index is 2.12. The van der Waals surface area contributed by atoms with Crippen molar-refractivity contribution in [1.82, 2.24) is 5.43 Å². The predicted octanol–water partition coefficient (Wildman–Crippen LogP) is 2.97. The molecule has 0 aliphatic heterocycles. The van der Waals surface area contributed by atoms with E-state index in [-0.39, 0.29) is 6.04 Å². The van der Waals surface area contributed by atoms with Crippen molar-refractivity contribution in [3.63, 3.8) is 0 Å². The van der Waals surface area contributed by atoms with Crippen molar-refractivity contribution in [2.24, 2.45) is 5.84 Å². The number of rotatable bonds is 6. The van der Waals surface area contributed by atoms with Gasteiger partial charge in [-0.2, -0.15) is 0 Å². The number of methoxy groups -OCH3 is 2. The molecular formula is C17H26N2O2. The normalized spacial score (nSPS) is 16.8. The molecule has 0 bridgehead atoms. The minimum absolute atomic E-state index is 0.196. The molecule has 0 heterocycles. The van der Waals surface area contributed by atoms with Gasteiger partial charge in [0.15, 0.2) is 11.5 Å². The van der Waals surface area contributed by atoms with Crippen LogP contribution in [0.4, 0.5) is 0 Å². The SMILES string of the molecule is COc1ccc(CC(NN)C2=CCCCCC2)cc1OC. The number of allylic oxidation sites excluding steroid dienone is 1. The lowest BCUT2D eigenvalue weighted by Gasteiger charge is -2.20. The lowest BCUT2D eigenvalue weighted by atomic mass is 9.96. The topological polar surface area (TPSA) is 56.5 Å². The average Bonchev–Trinajstić information content (AvgIpc) is 2.81. The maximum atomic E-state index is 5.78. The maximum Gasteiger partial charge on any atom is 0.160 e. The standard InChI is InChI=1S/C17H26N2O2/c1-20-16-10-9-13(12-17(16)21-2)11-15(19-18)14-7-5-3-4-6-8-14/h7,9-10,12,15,19H,3-6,8,11,18H2,1-2H3. The lowest BCUT2D eigenvalue weighted by molar-refractivity contribution is 0.354. The molecule has 0 fully saturated rings. The first-order valence-electron chi connectivity index (χ1n) is 7.64. The summed E-state index contributed by atoms with van der Waals surface area (Å²) in [5, 5.41) is 0. The number of hydrazine groups is 1. The number of nitrogens with two attached hydrogens (primary N) is 1. The maximum absolute atomic E-state index is 5.78. The van der Waals surface area contributed by atoms with Crippen LogP contribution in [-0.2, 0) is 6.42 Å². The van der Waals surface area contributed by atoms with Gasteiger partial charge in [-0.1, -0.05) is 24.1 Å². The Bertz CT molecular complexity index is 486. The van der Waals surface area contributed by atoms with E-state index in [2.05, 4.69) is 17.6 Å². The molecule has 2 rings (SSSR count). The summed E-state index contributed by atoms with van der Waals surface area (Å²) in [5.41, 5.74) is 5.60. The van der Waals surface area contributed by atoms with E-state index in [1.165, 1.54) is 36.8 Å². The van der Waals surface area contributed by atoms with Gasteiger partial charge in [-0.05, 0) is 49.8 Å². The van der Waals surface area contributed by atoms with E-state index in [9.17, 15) is 0 Å². The second kappa shape index (κ2) is 8.05. The summed E-state index contributed by atoms with van der Waals surface area (Å²) in [6.07, 6.45) is 9.39. The molecule has 1 unspecified atom stereocenters. The van der Waals surface area contributed by atoms with Crippen molar-refractivity contribution < 1.29 is 9.47 Å². The first kappa shape index (κ1) is 15.9. The summed E-state index contributed by atoms with van der Waals surface area (Å²) in [7, 11) is 3.31. The van der Waals surface area contributed by atoms with Gasteiger partial charge in [0.2, 0.25) is 0 Å². The van der Waals surface area contributed by atoms with Crippen molar-refractivity contribution in [2.45, 2.75) is 44.6 Å². The number of hydrogen-bond acceptors (Lipinski definition) is 4. The summed E-state index contributed by atoms with van der Waals surface area (Å²) in [5.74, 6) is 7.30. The van der Waals surface area contributed by atoms with Crippen LogP contribution in [-0.4, -0.2) is 20.3 Å². The number of hydrogen-bond donors (Lipinski definition) is 2. The minimum Gasteiger partial charge on any atom is -0.493 e. The van der Waals surface area contributed by atoms with E-state index in [1.54, 1.807) is 14.2 Å². The Labute approximate surface area is 127 Å². The van der Waals surface area contributed by atoms with Crippen LogP contribution in [0.25, 0.3) is 0 Å². The molecular weight excluding hydrogens is 264 g/mol. The first-order chi connectivity index (χ1) is 10.3. The summed E-state index contributed by atoms with van der Waals surface area (Å²) in [6.45, 7) is 0. The van der Waals surface area contributed by atoms with Crippen LogP contribution >= 0.6 is 0 Å². The summed E-state index contributed by atoms with van der Waals surface area (Å²) >= 11 is 0. The first-order valence-corrected chi connectivity index (χ1v) is 7.64. The molecule has 4 heteroatoms. The van der Waals surface area contributed by atoms with Gasteiger partial charge in [0, 0.05) is 6.04 Å². The Hall–Kier alpha value is -1.52. The van der Waals surface area contributed by atoms with E-state index < -0.39 is 0 Å². The van der Waals surface area contributed by atoms with Gasteiger partial charge in [0.25, 0.3) is 0 Å². The zero-order chi connectivity index (χ0) is 15.1. The highest BCUT2D eigenvalue weighted by Crippen LogP contribution is 2.29. The molecule has 3 N–H and O–H groups in total. The zero-order valence-corrected chi connectivity index (χ0v) is 13.0. The second-order valence-electron chi connectivity index (χ2n) is 5.49. The largest absolute Gasteiger partial charge is 0.493 e. The Morgan fingerprint density at radius 2 is 1.95 bits per heavy atom. The monoisotopic (exact) mass is 290 g/mol. The van der Waals surface area contributed by atoms with E-state index in [1.807, 2.05) is 12.1 Å². The quantitative estimate of drug-likeness (QED) is 0.480. The number of nitrogens with one attached hydrogen (secondary N) is 1. The molecule has 1 aliphatic carbocycles. The molecule has 1 aliphatic rings. The van der Waals surface area contributed by atoms with Crippen LogP contribution in [0.15, 0.2) is 29.8 Å². The number of ether oxygens (including phenoxy) is 2. The molecule has 116 valence electrons. The van der Waals surface area contributed by atoms with E-state index in [4.69, 9.17) is 15.3 Å². The van der Waals surface area contributed by atoms with Gasteiger partial charge in [0.1, 0.15) is 0 Å². The highest BCUT2D eigenvalue weighted by molar-refractivity contribution is 5.43. The molecule has 0 radical (unpaired) electrons. The summed E-state index contributed by atoms with van der Waals surface area (Å²) in [6, 6.07) is 6.24. The second-order valence-corrected chi connectivity index (χ2v) is 5.49. The fraction of sp³-hybridized carbons (Fsp3) is 0.529. The van der Waals surface area contributed by atoms with Crippen molar-refractivity contribution in [1.29, 1.82) is 0 Å². The molecule has 0 aromatic heterocycles. The summed E-state index contributed by atoms with van der Waals surface area (Å²) < 4.78 is 10.6. The fourth-order valence-corrected chi connectivity index (χ4v) is 2.90. The Morgan fingerprint density at radius 1 is 1.14 bits per heavy atom. The molecule has 1 aromatic carbocycles. The van der Waals surface area contributed by atoms with E-state index >= 15 is 0 Å². The fourth-order valence-electron chi connectivity index (χ4n) is 2.90. The molecule has 4 nitrogen and oxygen atoms in total. The molecule has 0 saturated carbocycles. The molecule has 21 heavy (non-hydrogen) atoms. The minimum atomic E-state index is 0.196. The Kier molecular flexibility index (Phi) is 6.08. The van der Waals surface area contributed by atoms with Gasteiger partial charge in [-0.15, -0.1) is 0 Å². The predicted molar refractivity (Wildman–Crippen MR) is 85.5 cm³/mol. The molecule has 1 aromatic rings. The zero-order valence-electron chi connectivity index (χ0n) is 13.0. The highest BCUT2D eigenvalue weighted by Gasteiger charge is 2.16. The van der Waals surface area contributed by atoms with Crippen LogP contribution in [0, 0.1) is 0 Å². The van der Waals surface area contributed by atoms with E-state index in [0.717, 1.165) is 24.3 Å². The molecule has 0 saturated heterocycles. The molecule has 0 spiro atoms. The lowest BCUT2D eigenvalue weighted by Crippen LogP contribution is -2.38. The van der Waals surface area contributed by atoms with Gasteiger partial charge in [-0.25, -0.2) is 0 Å². The average molecular weight is 290 g/mol. The van der Waals surface area contributed by atoms with Crippen LogP contribution in [0.5, 0.6) is 11.5 Å². The highest BCUT2D eigenvalue weighted by atomic mass is 16.5. The molecule has 0 amide bonds. The van der Waals surface area contributed by atoms with E-state index in [0.29, 0.717) is 0 Å². The smallest absolute Gasteiger partial charge is 0.160 e. The van der Waals surface area contributed by atoms with Crippen molar-refractivity contribution in [2.75, 3.05) is 14.2 Å². The van der Waals surface area contributed by atoms with Gasteiger partial charge < -0.3 is 9.47 Å². The summed E-state index contributed by atoms with van der Waals surface area (Å²) in [4.78, 5) is 0. The van der Waals surface area contributed by atoms with Crippen molar-refractivity contribution in [3.05, 3.63) is 35.4 Å². The Morgan fingerprint density at radius 3 is 2.67 bits per heavy atom. The third kappa shape index (κ3) is 4.22. The van der Waals surface area contributed by atoms with Crippen molar-refractivity contribution in [3.8, 4) is 11.5 Å². The van der Waals surface area contributed by atoms with Crippen LogP contribution in [0.2, 0.25) is 0 Å². The molecule has 1 atom stereocenters. The third-order valence-corrected chi connectivity index (χ3v) is 4.11. The van der Waals surface area contributed by atoms with Crippen LogP contribution < -0.4 is 20.7 Å². The van der Waals surface area contributed by atoms with Gasteiger partial charge in [0.05, 0.1) is 14.2 Å². The van der Waals surface area contributed by atoms with Gasteiger partial charge >= 0.3 is 0 Å². The number of benzene rings is 1. The third-order valence-electron chi connectivity index (χ3n) is 4.11. The van der Waals surface area contributed by atoms with Crippen LogP contribution in [0.1, 0.15) is 37.7 Å². The van der Waals surface area contributed by atoms with Crippen LogP contribution in [0.3, 0.4) is 0 Å². The van der Waals surface area contributed by atoms with Gasteiger partial charge in [-0.3, -0.25) is 11.3 Å².